The number of hydrogen-bond donors (Lipinski definition) is 1. The van der Waals surface area contributed by atoms with Gasteiger partial charge in [0.2, 0.25) is 0 Å². The summed E-state index contributed by atoms with van der Waals surface area (Å²) in [4.78, 5) is 4.08. The summed E-state index contributed by atoms with van der Waals surface area (Å²) < 4.78 is 13.0. The second-order valence-electron chi connectivity index (χ2n) is 3.35. The lowest BCUT2D eigenvalue weighted by Gasteiger charge is -2.04. The van der Waals surface area contributed by atoms with E-state index in [4.69, 9.17) is 16.7 Å². The van der Waals surface area contributed by atoms with Crippen LogP contribution in [0.4, 0.5) is 4.39 Å². The molecule has 4 heteroatoms. The standard InChI is InChI=1S/C12H9ClFNO/c13-12-5-8(7-16)4-11(15-12)9-2-1-3-10(14)6-9/h1-6,16H,7H2. The van der Waals surface area contributed by atoms with Crippen LogP contribution in [0.15, 0.2) is 36.4 Å². The number of pyridine rings is 1. The fourth-order valence-electron chi connectivity index (χ4n) is 1.44. The van der Waals surface area contributed by atoms with Crippen LogP contribution in [0.5, 0.6) is 0 Å². The molecule has 0 aliphatic heterocycles. The van der Waals surface area contributed by atoms with Crippen LogP contribution in [0.25, 0.3) is 11.3 Å². The molecule has 0 saturated carbocycles. The van der Waals surface area contributed by atoms with E-state index < -0.39 is 0 Å². The van der Waals surface area contributed by atoms with Crippen molar-refractivity contribution in [2.75, 3.05) is 0 Å². The van der Waals surface area contributed by atoms with Crippen LogP contribution >= 0.6 is 11.6 Å². The molecule has 0 spiro atoms. The molecule has 2 rings (SSSR count). The van der Waals surface area contributed by atoms with Crippen LogP contribution in [0, 0.1) is 5.82 Å². The number of aromatic nitrogens is 1. The molecule has 1 aromatic heterocycles. The van der Waals surface area contributed by atoms with Gasteiger partial charge in [0.15, 0.2) is 0 Å². The zero-order valence-corrected chi connectivity index (χ0v) is 9.08. The molecule has 0 fully saturated rings. The van der Waals surface area contributed by atoms with Gasteiger partial charge in [-0.25, -0.2) is 9.37 Å². The molecule has 0 aliphatic rings. The van der Waals surface area contributed by atoms with E-state index in [1.807, 2.05) is 0 Å². The minimum absolute atomic E-state index is 0.120. The summed E-state index contributed by atoms with van der Waals surface area (Å²) >= 11 is 5.80. The molecular formula is C12H9ClFNO. The van der Waals surface area contributed by atoms with E-state index in [0.717, 1.165) is 0 Å². The smallest absolute Gasteiger partial charge is 0.130 e. The SMILES string of the molecule is OCc1cc(Cl)nc(-c2cccc(F)c2)c1. The predicted molar refractivity (Wildman–Crippen MR) is 60.6 cm³/mol. The zero-order valence-electron chi connectivity index (χ0n) is 8.32. The molecule has 0 amide bonds. The van der Waals surface area contributed by atoms with Crippen LogP contribution in [0.2, 0.25) is 5.15 Å². The highest BCUT2D eigenvalue weighted by Crippen LogP contribution is 2.21. The van der Waals surface area contributed by atoms with Crippen LogP contribution in [0.1, 0.15) is 5.56 Å². The fourth-order valence-corrected chi connectivity index (χ4v) is 1.67. The van der Waals surface area contributed by atoms with Crippen molar-refractivity contribution in [2.45, 2.75) is 6.61 Å². The summed E-state index contributed by atoms with van der Waals surface area (Å²) in [5.74, 6) is -0.329. The highest BCUT2D eigenvalue weighted by Gasteiger charge is 2.04. The Balaban J connectivity index is 2.51. The van der Waals surface area contributed by atoms with Gasteiger partial charge in [-0.1, -0.05) is 23.7 Å². The van der Waals surface area contributed by atoms with Gasteiger partial charge in [-0.3, -0.25) is 0 Å². The van der Waals surface area contributed by atoms with E-state index in [2.05, 4.69) is 4.98 Å². The number of rotatable bonds is 2. The second-order valence-corrected chi connectivity index (χ2v) is 3.74. The number of aliphatic hydroxyl groups excluding tert-OH is 1. The van der Waals surface area contributed by atoms with Gasteiger partial charge in [-0.2, -0.15) is 0 Å². The first-order valence-corrected chi connectivity index (χ1v) is 5.10. The van der Waals surface area contributed by atoms with Gasteiger partial charge in [0.05, 0.1) is 12.3 Å². The molecular weight excluding hydrogens is 229 g/mol. The first-order valence-electron chi connectivity index (χ1n) is 4.72. The number of nitrogens with zero attached hydrogens (tertiary/aromatic N) is 1. The van der Waals surface area contributed by atoms with Crippen molar-refractivity contribution in [3.8, 4) is 11.3 Å². The molecule has 0 radical (unpaired) electrons. The van der Waals surface area contributed by atoms with Gasteiger partial charge in [-0.15, -0.1) is 0 Å². The zero-order chi connectivity index (χ0) is 11.5. The maximum Gasteiger partial charge on any atom is 0.130 e. The summed E-state index contributed by atoms with van der Waals surface area (Å²) in [5.41, 5.74) is 1.84. The van der Waals surface area contributed by atoms with E-state index >= 15 is 0 Å². The minimum atomic E-state index is -0.329. The molecule has 2 nitrogen and oxygen atoms in total. The Labute approximate surface area is 97.3 Å². The molecule has 0 bridgehead atoms. The van der Waals surface area contributed by atoms with Crippen LogP contribution < -0.4 is 0 Å². The van der Waals surface area contributed by atoms with Gasteiger partial charge in [0, 0.05) is 5.56 Å². The molecule has 1 N–H and O–H groups in total. The summed E-state index contributed by atoms with van der Waals surface area (Å²) in [6, 6.07) is 9.33. The summed E-state index contributed by atoms with van der Waals surface area (Å²) in [7, 11) is 0. The van der Waals surface area contributed by atoms with Crippen molar-refractivity contribution in [1.29, 1.82) is 0 Å². The van der Waals surface area contributed by atoms with Crippen molar-refractivity contribution in [1.82, 2.24) is 4.98 Å². The third kappa shape index (κ3) is 2.38. The maximum absolute atomic E-state index is 13.0. The first kappa shape index (κ1) is 11.0. The lowest BCUT2D eigenvalue weighted by atomic mass is 10.1. The molecule has 1 heterocycles. The Morgan fingerprint density at radius 2 is 2.06 bits per heavy atom. The van der Waals surface area contributed by atoms with Crippen molar-refractivity contribution in [3.05, 3.63) is 52.9 Å². The largest absolute Gasteiger partial charge is 0.392 e. The topological polar surface area (TPSA) is 33.1 Å². The summed E-state index contributed by atoms with van der Waals surface area (Å²) in [6.07, 6.45) is 0. The molecule has 82 valence electrons. The van der Waals surface area contributed by atoms with Gasteiger partial charge < -0.3 is 5.11 Å². The van der Waals surface area contributed by atoms with E-state index in [1.54, 1.807) is 24.3 Å². The molecule has 0 unspecified atom stereocenters. The van der Waals surface area contributed by atoms with Crippen LogP contribution in [-0.2, 0) is 6.61 Å². The molecule has 0 atom stereocenters. The average Bonchev–Trinajstić information content (AvgIpc) is 2.28. The maximum atomic E-state index is 13.0. The Hall–Kier alpha value is -1.45. The Morgan fingerprint density at radius 3 is 2.75 bits per heavy atom. The quantitative estimate of drug-likeness (QED) is 0.815. The normalized spacial score (nSPS) is 10.4. The third-order valence-electron chi connectivity index (χ3n) is 2.16. The Morgan fingerprint density at radius 1 is 1.25 bits per heavy atom. The average molecular weight is 238 g/mol. The van der Waals surface area contributed by atoms with Gasteiger partial charge in [0.25, 0.3) is 0 Å². The van der Waals surface area contributed by atoms with E-state index in [1.165, 1.54) is 12.1 Å². The molecule has 1 aromatic carbocycles. The highest BCUT2D eigenvalue weighted by molar-refractivity contribution is 6.29. The fraction of sp³-hybridized carbons (Fsp3) is 0.0833. The lowest BCUT2D eigenvalue weighted by molar-refractivity contribution is 0.282. The molecule has 2 aromatic rings. The Kier molecular flexibility index (Phi) is 3.17. The Bertz CT molecular complexity index is 516. The number of halogens is 2. The van der Waals surface area contributed by atoms with E-state index in [0.29, 0.717) is 16.8 Å². The van der Waals surface area contributed by atoms with E-state index in [9.17, 15) is 4.39 Å². The molecule has 16 heavy (non-hydrogen) atoms. The van der Waals surface area contributed by atoms with Gasteiger partial charge in [-0.05, 0) is 29.8 Å². The van der Waals surface area contributed by atoms with Crippen molar-refractivity contribution in [3.63, 3.8) is 0 Å². The summed E-state index contributed by atoms with van der Waals surface area (Å²) in [6.45, 7) is -0.120. The van der Waals surface area contributed by atoms with Gasteiger partial charge >= 0.3 is 0 Å². The third-order valence-corrected chi connectivity index (χ3v) is 2.35. The van der Waals surface area contributed by atoms with Crippen LogP contribution in [-0.4, -0.2) is 10.1 Å². The van der Waals surface area contributed by atoms with Crippen LogP contribution in [0.3, 0.4) is 0 Å². The van der Waals surface area contributed by atoms with Gasteiger partial charge in [0.1, 0.15) is 11.0 Å². The summed E-state index contributed by atoms with van der Waals surface area (Å²) in [5, 5.41) is 9.31. The number of benzene rings is 1. The lowest BCUT2D eigenvalue weighted by Crippen LogP contribution is -1.90. The monoisotopic (exact) mass is 237 g/mol. The highest BCUT2D eigenvalue weighted by atomic mass is 35.5. The number of aliphatic hydroxyl groups is 1. The second kappa shape index (κ2) is 4.60. The first-order chi connectivity index (χ1) is 7.69. The van der Waals surface area contributed by atoms with Crippen molar-refractivity contribution >= 4 is 11.6 Å². The molecule has 0 aliphatic carbocycles. The van der Waals surface area contributed by atoms with Crippen molar-refractivity contribution in [2.24, 2.45) is 0 Å². The van der Waals surface area contributed by atoms with Crippen molar-refractivity contribution < 1.29 is 9.50 Å². The molecule has 0 saturated heterocycles. The predicted octanol–water partition coefficient (Wildman–Crippen LogP) is 3.03. The number of hydrogen-bond acceptors (Lipinski definition) is 2. The van der Waals surface area contributed by atoms with E-state index in [-0.39, 0.29) is 17.6 Å². The minimum Gasteiger partial charge on any atom is -0.392 e.